The lowest BCUT2D eigenvalue weighted by Crippen LogP contribution is -2.08. The molecule has 4 aromatic heterocycles. The molecule has 33 heavy (non-hydrogen) atoms. The fourth-order valence-corrected chi connectivity index (χ4v) is 4.42. The lowest BCUT2D eigenvalue weighted by molar-refractivity contribution is 0.473. The molecule has 0 aliphatic heterocycles. The van der Waals surface area contributed by atoms with Crippen LogP contribution in [0.3, 0.4) is 0 Å². The molecular weight excluding hydrogens is 420 g/mol. The Balaban J connectivity index is 1.47. The first kappa shape index (κ1) is 19.5. The molecule has 1 aliphatic rings. The lowest BCUT2D eigenvalue weighted by Gasteiger charge is -2.16. The van der Waals surface area contributed by atoms with E-state index in [0.717, 1.165) is 44.8 Å². The Hall–Kier alpha value is -4.13. The number of hydrogen-bond donors (Lipinski definition) is 1. The quantitative estimate of drug-likeness (QED) is 0.352. The summed E-state index contributed by atoms with van der Waals surface area (Å²) in [6, 6.07) is 13.8. The second-order valence-corrected chi connectivity index (χ2v) is 8.14. The minimum Gasteiger partial charge on any atom is -0.338 e. The van der Waals surface area contributed by atoms with Gasteiger partial charge in [0.15, 0.2) is 5.83 Å². The smallest absolute Gasteiger partial charge is 0.155 e. The van der Waals surface area contributed by atoms with Crippen molar-refractivity contribution >= 4 is 16.6 Å². The number of aryl methyl sites for hydroxylation is 1. The van der Waals surface area contributed by atoms with Crippen molar-refractivity contribution in [3.8, 4) is 22.5 Å². The first-order valence-corrected chi connectivity index (χ1v) is 10.7. The topological polar surface area (TPSA) is 58.9 Å². The average molecular weight is 439 g/mol. The van der Waals surface area contributed by atoms with Gasteiger partial charge in [0, 0.05) is 34.8 Å². The van der Waals surface area contributed by atoms with Crippen LogP contribution in [-0.2, 0) is 0 Å². The fraction of sp³-hybridized carbons (Fsp3) is 0.115. The molecule has 0 saturated carbocycles. The number of imidazole rings is 2. The summed E-state index contributed by atoms with van der Waals surface area (Å²) >= 11 is 0. The van der Waals surface area contributed by atoms with Gasteiger partial charge in [-0.2, -0.15) is 0 Å². The predicted molar refractivity (Wildman–Crippen MR) is 124 cm³/mol. The van der Waals surface area contributed by atoms with E-state index in [9.17, 15) is 8.78 Å². The fourth-order valence-electron chi connectivity index (χ4n) is 4.42. The van der Waals surface area contributed by atoms with Crippen LogP contribution in [0.5, 0.6) is 0 Å². The van der Waals surface area contributed by atoms with E-state index in [1.165, 1.54) is 6.08 Å². The first-order valence-electron chi connectivity index (χ1n) is 10.7. The zero-order valence-electron chi connectivity index (χ0n) is 17.8. The van der Waals surface area contributed by atoms with Gasteiger partial charge >= 0.3 is 0 Å². The summed E-state index contributed by atoms with van der Waals surface area (Å²) in [5.74, 6) is -1.13. The number of fused-ring (bicyclic) bond motifs is 2. The minimum absolute atomic E-state index is 0.366. The van der Waals surface area contributed by atoms with Gasteiger partial charge in [-0.15, -0.1) is 0 Å². The standard InChI is InChI=1S/C26H19F2N5/c1-15-19(25-31-21-9-2-3-10-22(21)32-25)12-16(13-29-15)17-7-5-11-33-23(17)14-30-26(33)18-6-4-8-20(27)24(18)28/h2-5,7-14,18H,6H2,1H3,(H,31,32). The van der Waals surface area contributed by atoms with Gasteiger partial charge < -0.3 is 9.38 Å². The average Bonchev–Trinajstić information content (AvgIpc) is 3.45. The third kappa shape index (κ3) is 3.16. The molecular formula is C26H19F2N5. The molecule has 5 nitrogen and oxygen atoms in total. The maximum atomic E-state index is 14.5. The zero-order chi connectivity index (χ0) is 22.5. The van der Waals surface area contributed by atoms with Crippen molar-refractivity contribution in [1.82, 2.24) is 24.3 Å². The number of pyridine rings is 2. The van der Waals surface area contributed by atoms with E-state index < -0.39 is 17.6 Å². The predicted octanol–water partition coefficient (Wildman–Crippen LogP) is 6.44. The molecule has 6 rings (SSSR count). The Morgan fingerprint density at radius 2 is 1.91 bits per heavy atom. The number of nitrogens with zero attached hydrogens (tertiary/aromatic N) is 4. The van der Waals surface area contributed by atoms with E-state index in [2.05, 4.69) is 15.0 Å². The van der Waals surface area contributed by atoms with Crippen LogP contribution in [0, 0.1) is 6.92 Å². The number of hydrogen-bond acceptors (Lipinski definition) is 3. The van der Waals surface area contributed by atoms with Crippen LogP contribution in [0.4, 0.5) is 8.78 Å². The van der Waals surface area contributed by atoms with Crippen LogP contribution >= 0.6 is 0 Å². The van der Waals surface area contributed by atoms with E-state index in [-0.39, 0.29) is 0 Å². The monoisotopic (exact) mass is 439 g/mol. The molecule has 0 saturated heterocycles. The second-order valence-electron chi connectivity index (χ2n) is 8.14. The molecule has 162 valence electrons. The summed E-state index contributed by atoms with van der Waals surface area (Å²) in [5.41, 5.74) is 6.20. The summed E-state index contributed by atoms with van der Waals surface area (Å²) in [7, 11) is 0. The van der Waals surface area contributed by atoms with Crippen molar-refractivity contribution in [2.24, 2.45) is 0 Å². The highest BCUT2D eigenvalue weighted by Crippen LogP contribution is 2.37. The minimum atomic E-state index is -0.836. The largest absolute Gasteiger partial charge is 0.338 e. The number of H-pyrrole nitrogens is 1. The van der Waals surface area contributed by atoms with E-state index in [0.29, 0.717) is 12.2 Å². The highest BCUT2D eigenvalue weighted by Gasteiger charge is 2.26. The van der Waals surface area contributed by atoms with Crippen molar-refractivity contribution in [3.05, 3.63) is 96.4 Å². The number of para-hydroxylation sites is 2. The van der Waals surface area contributed by atoms with Gasteiger partial charge in [-0.25, -0.2) is 18.7 Å². The summed E-state index contributed by atoms with van der Waals surface area (Å²) in [5, 5.41) is 0. The molecule has 1 aliphatic carbocycles. The van der Waals surface area contributed by atoms with E-state index in [1.54, 1.807) is 12.3 Å². The number of aromatic amines is 1. The number of nitrogens with one attached hydrogen (secondary N) is 1. The Morgan fingerprint density at radius 3 is 2.79 bits per heavy atom. The normalized spacial score (nSPS) is 16.3. The summed E-state index contributed by atoms with van der Waals surface area (Å²) in [6.45, 7) is 1.95. The van der Waals surface area contributed by atoms with Crippen LogP contribution < -0.4 is 0 Å². The summed E-state index contributed by atoms with van der Waals surface area (Å²) < 4.78 is 30.2. The molecule has 0 amide bonds. The van der Waals surface area contributed by atoms with Crippen molar-refractivity contribution in [1.29, 1.82) is 0 Å². The zero-order valence-corrected chi connectivity index (χ0v) is 17.8. The Morgan fingerprint density at radius 1 is 1.03 bits per heavy atom. The molecule has 1 N–H and O–H groups in total. The molecule has 7 heteroatoms. The molecule has 1 atom stereocenters. The third-order valence-electron chi connectivity index (χ3n) is 6.12. The first-order chi connectivity index (χ1) is 16.1. The molecule has 4 heterocycles. The van der Waals surface area contributed by atoms with E-state index in [4.69, 9.17) is 4.98 Å². The van der Waals surface area contributed by atoms with Gasteiger partial charge in [0.1, 0.15) is 17.5 Å². The molecule has 0 bridgehead atoms. The Labute approximate surface area is 188 Å². The Kier molecular flexibility index (Phi) is 4.43. The number of rotatable bonds is 3. The van der Waals surface area contributed by atoms with Crippen LogP contribution in [0.15, 0.2) is 84.9 Å². The van der Waals surface area contributed by atoms with Gasteiger partial charge in [-0.3, -0.25) is 4.98 Å². The van der Waals surface area contributed by atoms with Gasteiger partial charge in [-0.1, -0.05) is 24.3 Å². The maximum Gasteiger partial charge on any atom is 0.155 e. The number of halogens is 2. The van der Waals surface area contributed by atoms with Gasteiger partial charge in [0.2, 0.25) is 0 Å². The third-order valence-corrected chi connectivity index (χ3v) is 6.12. The molecule has 1 unspecified atom stereocenters. The van der Waals surface area contributed by atoms with Gasteiger partial charge in [0.25, 0.3) is 0 Å². The van der Waals surface area contributed by atoms with Gasteiger partial charge in [0.05, 0.1) is 28.7 Å². The summed E-state index contributed by atoms with van der Waals surface area (Å²) in [4.78, 5) is 17.2. The number of benzene rings is 1. The summed E-state index contributed by atoms with van der Waals surface area (Å²) in [6.07, 6.45) is 8.52. The lowest BCUT2D eigenvalue weighted by atomic mass is 9.98. The Bertz CT molecular complexity index is 1560. The van der Waals surface area contributed by atoms with Gasteiger partial charge in [-0.05, 0) is 43.7 Å². The molecule has 1 aromatic carbocycles. The van der Waals surface area contributed by atoms with E-state index in [1.807, 2.05) is 66.2 Å². The second kappa shape index (κ2) is 7.48. The van der Waals surface area contributed by atoms with Crippen LogP contribution in [0.2, 0.25) is 0 Å². The highest BCUT2D eigenvalue weighted by atomic mass is 19.2. The molecule has 0 fully saturated rings. The number of aromatic nitrogens is 5. The van der Waals surface area contributed by atoms with Crippen LogP contribution in [0.25, 0.3) is 39.1 Å². The van der Waals surface area contributed by atoms with Crippen LogP contribution in [-0.4, -0.2) is 24.3 Å². The molecule has 0 spiro atoms. The maximum absolute atomic E-state index is 14.5. The van der Waals surface area contributed by atoms with Crippen molar-refractivity contribution in [2.45, 2.75) is 19.3 Å². The molecule has 5 aromatic rings. The van der Waals surface area contributed by atoms with Crippen molar-refractivity contribution < 1.29 is 8.78 Å². The molecule has 0 radical (unpaired) electrons. The van der Waals surface area contributed by atoms with E-state index >= 15 is 0 Å². The van der Waals surface area contributed by atoms with Crippen LogP contribution in [0.1, 0.15) is 23.9 Å². The SMILES string of the molecule is Cc1ncc(-c2cccn3c(C4CC=CC(F)=C4F)ncc23)cc1-c1nc2ccccc2[nH]1. The highest BCUT2D eigenvalue weighted by molar-refractivity contribution is 5.84. The van der Waals surface area contributed by atoms with Crippen molar-refractivity contribution in [3.63, 3.8) is 0 Å². The van der Waals surface area contributed by atoms with Crippen molar-refractivity contribution in [2.75, 3.05) is 0 Å². The number of allylic oxidation sites excluding steroid dienone is 4.